The molecule has 0 atom stereocenters. The molecular formula is C6H8N2. The predicted molar refractivity (Wildman–Crippen MR) is 32.8 cm³/mol. The Kier molecular flexibility index (Phi) is 5.09. The second kappa shape index (κ2) is 5.90. The van der Waals surface area contributed by atoms with Crippen molar-refractivity contribution >= 4 is 6.21 Å². The van der Waals surface area contributed by atoms with Gasteiger partial charge in [-0.3, -0.25) is 0 Å². The Morgan fingerprint density at radius 2 is 2.25 bits per heavy atom. The van der Waals surface area contributed by atoms with Crippen molar-refractivity contribution in [2.24, 2.45) is 0 Å². The summed E-state index contributed by atoms with van der Waals surface area (Å²) in [5.41, 5.74) is 0. The molecule has 0 aromatic rings. The molecule has 0 aliphatic carbocycles. The summed E-state index contributed by atoms with van der Waals surface area (Å²) in [6.07, 6.45) is 6.06. The lowest BCUT2D eigenvalue weighted by atomic mass is 10.3. The molecule has 8 heavy (non-hydrogen) atoms. The van der Waals surface area contributed by atoms with Crippen LogP contribution < -0.4 is 0 Å². The van der Waals surface area contributed by atoms with E-state index in [1.54, 1.807) is 6.08 Å². The van der Waals surface area contributed by atoms with Crippen LogP contribution in [0.2, 0.25) is 0 Å². The van der Waals surface area contributed by atoms with Crippen molar-refractivity contribution < 1.29 is 0 Å². The zero-order valence-corrected chi connectivity index (χ0v) is 4.59. The van der Waals surface area contributed by atoms with Crippen LogP contribution in [-0.4, -0.2) is 6.21 Å². The molecule has 0 spiro atoms. The molecule has 0 heterocycles. The van der Waals surface area contributed by atoms with Crippen molar-refractivity contribution in [1.82, 2.24) is 0 Å². The minimum absolute atomic E-state index is 0.734. The molecule has 0 unspecified atom stereocenters. The quantitative estimate of drug-likeness (QED) is 0.332. The summed E-state index contributed by atoms with van der Waals surface area (Å²) in [6, 6.07) is 1.87. The van der Waals surface area contributed by atoms with Gasteiger partial charge in [0.05, 0.1) is 6.07 Å². The van der Waals surface area contributed by atoms with Crippen LogP contribution in [0.15, 0.2) is 12.2 Å². The summed E-state index contributed by atoms with van der Waals surface area (Å²) < 4.78 is 0. The summed E-state index contributed by atoms with van der Waals surface area (Å²) in [6.45, 7) is 0. The summed E-state index contributed by atoms with van der Waals surface area (Å²) in [5.74, 6) is 0. The molecule has 0 amide bonds. The zero-order chi connectivity index (χ0) is 6.24. The smallest absolute Gasteiger partial charge is 0.0908 e. The number of hydrogen-bond donors (Lipinski definition) is 1. The van der Waals surface area contributed by atoms with Gasteiger partial charge < -0.3 is 5.41 Å². The normalized spacial score (nSPS) is 8.88. The topological polar surface area (TPSA) is 47.6 Å². The van der Waals surface area contributed by atoms with Gasteiger partial charge in [-0.1, -0.05) is 6.08 Å². The van der Waals surface area contributed by atoms with Gasteiger partial charge in [-0.25, -0.2) is 0 Å². The van der Waals surface area contributed by atoms with Crippen LogP contribution >= 0.6 is 0 Å². The van der Waals surface area contributed by atoms with Crippen LogP contribution in [0.4, 0.5) is 0 Å². The largest absolute Gasteiger partial charge is 0.313 e. The SMILES string of the molecule is N#C/C=C/CCC=N. The van der Waals surface area contributed by atoms with Gasteiger partial charge in [-0.2, -0.15) is 5.26 Å². The number of nitrogens with zero attached hydrogens (tertiary/aromatic N) is 1. The minimum atomic E-state index is 0.734. The highest BCUT2D eigenvalue weighted by molar-refractivity contribution is 5.52. The van der Waals surface area contributed by atoms with Gasteiger partial charge in [-0.15, -0.1) is 0 Å². The van der Waals surface area contributed by atoms with Gasteiger partial charge in [0.2, 0.25) is 0 Å². The Balaban J connectivity index is 3.06. The maximum atomic E-state index is 7.97. The molecular weight excluding hydrogens is 100 g/mol. The van der Waals surface area contributed by atoms with Crippen LogP contribution in [0.3, 0.4) is 0 Å². The van der Waals surface area contributed by atoms with Crippen molar-refractivity contribution in [2.45, 2.75) is 12.8 Å². The van der Waals surface area contributed by atoms with Crippen LogP contribution in [0, 0.1) is 16.7 Å². The van der Waals surface area contributed by atoms with E-state index in [4.69, 9.17) is 10.7 Å². The van der Waals surface area contributed by atoms with Crippen molar-refractivity contribution in [2.75, 3.05) is 0 Å². The lowest BCUT2D eigenvalue weighted by molar-refractivity contribution is 1.11. The molecule has 1 N–H and O–H groups in total. The van der Waals surface area contributed by atoms with E-state index in [-0.39, 0.29) is 0 Å². The number of rotatable bonds is 3. The molecule has 0 saturated carbocycles. The van der Waals surface area contributed by atoms with E-state index < -0.39 is 0 Å². The van der Waals surface area contributed by atoms with E-state index in [1.807, 2.05) is 6.07 Å². The van der Waals surface area contributed by atoms with Crippen LogP contribution in [0.1, 0.15) is 12.8 Å². The molecule has 0 bridgehead atoms. The van der Waals surface area contributed by atoms with E-state index in [0.29, 0.717) is 0 Å². The molecule has 0 radical (unpaired) electrons. The summed E-state index contributed by atoms with van der Waals surface area (Å²) in [4.78, 5) is 0. The summed E-state index contributed by atoms with van der Waals surface area (Å²) >= 11 is 0. The average molecular weight is 108 g/mol. The Morgan fingerprint density at radius 3 is 2.75 bits per heavy atom. The number of allylic oxidation sites excluding steroid dienone is 2. The van der Waals surface area contributed by atoms with Crippen LogP contribution in [0.25, 0.3) is 0 Å². The molecule has 2 nitrogen and oxygen atoms in total. The van der Waals surface area contributed by atoms with Gasteiger partial charge in [-0.05, 0) is 19.1 Å². The number of hydrogen-bond acceptors (Lipinski definition) is 2. The maximum absolute atomic E-state index is 7.97. The molecule has 0 aromatic carbocycles. The Bertz CT molecular complexity index is 119. The van der Waals surface area contributed by atoms with Crippen LogP contribution in [-0.2, 0) is 0 Å². The number of nitrogens with one attached hydrogen (secondary N) is 1. The molecule has 0 aliphatic heterocycles. The molecule has 0 saturated heterocycles. The van der Waals surface area contributed by atoms with Crippen molar-refractivity contribution in [3.8, 4) is 6.07 Å². The first-order chi connectivity index (χ1) is 3.91. The summed E-state index contributed by atoms with van der Waals surface area (Å²) in [7, 11) is 0. The lowest BCUT2D eigenvalue weighted by Crippen LogP contribution is -1.67. The first kappa shape index (κ1) is 6.90. The van der Waals surface area contributed by atoms with Gasteiger partial charge in [0.15, 0.2) is 0 Å². The molecule has 0 fully saturated rings. The first-order valence-corrected chi connectivity index (χ1v) is 2.45. The van der Waals surface area contributed by atoms with Gasteiger partial charge >= 0.3 is 0 Å². The van der Waals surface area contributed by atoms with Crippen molar-refractivity contribution in [1.29, 1.82) is 10.7 Å². The highest BCUT2D eigenvalue weighted by Gasteiger charge is 1.71. The molecule has 0 aromatic heterocycles. The third-order valence-corrected chi connectivity index (χ3v) is 0.670. The monoisotopic (exact) mass is 108 g/mol. The highest BCUT2D eigenvalue weighted by atomic mass is 14.3. The van der Waals surface area contributed by atoms with Gasteiger partial charge in [0.1, 0.15) is 0 Å². The van der Waals surface area contributed by atoms with E-state index in [9.17, 15) is 0 Å². The fourth-order valence-corrected chi connectivity index (χ4v) is 0.316. The van der Waals surface area contributed by atoms with Gasteiger partial charge in [0.25, 0.3) is 0 Å². The second-order valence-corrected chi connectivity index (χ2v) is 1.31. The Hall–Kier alpha value is -1.10. The summed E-state index contributed by atoms with van der Waals surface area (Å²) in [5, 5.41) is 14.6. The van der Waals surface area contributed by atoms with E-state index >= 15 is 0 Å². The van der Waals surface area contributed by atoms with Crippen LogP contribution in [0.5, 0.6) is 0 Å². The maximum Gasteiger partial charge on any atom is 0.0908 e. The van der Waals surface area contributed by atoms with E-state index in [0.717, 1.165) is 12.8 Å². The van der Waals surface area contributed by atoms with Crippen molar-refractivity contribution in [3.05, 3.63) is 12.2 Å². The molecule has 2 heteroatoms. The molecule has 42 valence electrons. The fraction of sp³-hybridized carbons (Fsp3) is 0.333. The Morgan fingerprint density at radius 1 is 1.50 bits per heavy atom. The minimum Gasteiger partial charge on any atom is -0.313 e. The first-order valence-electron chi connectivity index (χ1n) is 2.45. The number of unbranched alkanes of at least 4 members (excludes halogenated alkanes) is 1. The third-order valence-electron chi connectivity index (χ3n) is 0.670. The standard InChI is InChI=1S/C6H8N2/c7-5-3-1-2-4-6-8/h1,3,6,8H,2,4H2/b3-1+,8-6?. The third kappa shape index (κ3) is 4.90. The van der Waals surface area contributed by atoms with Gasteiger partial charge in [0, 0.05) is 6.08 Å². The number of nitriles is 1. The van der Waals surface area contributed by atoms with E-state index in [1.165, 1.54) is 12.3 Å². The Labute approximate surface area is 49.0 Å². The zero-order valence-electron chi connectivity index (χ0n) is 4.59. The molecule has 0 rings (SSSR count). The average Bonchev–Trinajstić information content (AvgIpc) is 1.81. The second-order valence-electron chi connectivity index (χ2n) is 1.31. The fourth-order valence-electron chi connectivity index (χ4n) is 0.316. The lowest BCUT2D eigenvalue weighted by Gasteiger charge is -1.77. The predicted octanol–water partition coefficient (Wildman–Crippen LogP) is 1.50. The molecule has 0 aliphatic rings. The van der Waals surface area contributed by atoms with E-state index in [2.05, 4.69) is 0 Å². The van der Waals surface area contributed by atoms with Crippen molar-refractivity contribution in [3.63, 3.8) is 0 Å². The highest BCUT2D eigenvalue weighted by Crippen LogP contribution is 1.84.